The van der Waals surface area contributed by atoms with Gasteiger partial charge in [0, 0.05) is 0 Å². The van der Waals surface area contributed by atoms with Gasteiger partial charge < -0.3 is 15.2 Å². The summed E-state index contributed by atoms with van der Waals surface area (Å²) in [6, 6.07) is 0. The number of carbonyl (C=O) groups excluding carboxylic acids is 1. The van der Waals surface area contributed by atoms with Crippen molar-refractivity contribution in [1.82, 2.24) is 5.32 Å². The number of amides is 1. The highest BCUT2D eigenvalue weighted by molar-refractivity contribution is 5.88. The van der Waals surface area contributed by atoms with Crippen LogP contribution in [-0.2, 0) is 9.53 Å². The number of alkyl carbamates (subject to hydrolysis) is 1. The van der Waals surface area contributed by atoms with Crippen molar-refractivity contribution in [1.29, 1.82) is 0 Å². The lowest BCUT2D eigenvalue weighted by atomic mass is 10.2. The van der Waals surface area contributed by atoms with Crippen LogP contribution in [0.15, 0.2) is 0 Å². The van der Waals surface area contributed by atoms with Crippen LogP contribution < -0.4 is 5.32 Å². The molecule has 2 atom stereocenters. The van der Waals surface area contributed by atoms with Crippen LogP contribution in [0.4, 0.5) is 4.79 Å². The Labute approximate surface area is 88.8 Å². The highest BCUT2D eigenvalue weighted by atomic mass is 16.6. The first-order valence-electron chi connectivity index (χ1n) is 4.92. The third-order valence-electron chi connectivity index (χ3n) is 2.41. The van der Waals surface area contributed by atoms with Gasteiger partial charge in [-0.2, -0.15) is 0 Å². The van der Waals surface area contributed by atoms with Crippen LogP contribution >= 0.6 is 0 Å². The summed E-state index contributed by atoms with van der Waals surface area (Å²) >= 11 is 0. The molecule has 0 aromatic carbocycles. The van der Waals surface area contributed by atoms with Crippen molar-refractivity contribution in [2.45, 2.75) is 45.3 Å². The fourth-order valence-electron chi connectivity index (χ4n) is 1.44. The molecule has 1 saturated carbocycles. The monoisotopic (exact) mass is 215 g/mol. The van der Waals surface area contributed by atoms with Gasteiger partial charge in [-0.3, -0.25) is 0 Å². The van der Waals surface area contributed by atoms with E-state index in [1.54, 1.807) is 27.7 Å². The van der Waals surface area contributed by atoms with Gasteiger partial charge in [-0.1, -0.05) is 6.92 Å². The normalized spacial score (nSPS) is 29.5. The van der Waals surface area contributed by atoms with Crippen molar-refractivity contribution in [3.8, 4) is 0 Å². The molecule has 0 radical (unpaired) electrons. The molecule has 5 heteroatoms. The second kappa shape index (κ2) is 3.40. The lowest BCUT2D eigenvalue weighted by Crippen LogP contribution is -2.46. The number of aliphatic carboxylic acids is 1. The number of hydrogen-bond donors (Lipinski definition) is 2. The average molecular weight is 215 g/mol. The van der Waals surface area contributed by atoms with E-state index in [0.717, 1.165) is 0 Å². The summed E-state index contributed by atoms with van der Waals surface area (Å²) in [5.41, 5.74) is -1.72. The largest absolute Gasteiger partial charge is 0.479 e. The SMILES string of the molecule is C[C@H]1C[C@]1(NC(=O)OC(C)(C)C)C(=O)O. The van der Waals surface area contributed by atoms with E-state index < -0.39 is 23.2 Å². The molecule has 0 aromatic rings. The van der Waals surface area contributed by atoms with Crippen LogP contribution in [0, 0.1) is 5.92 Å². The molecule has 0 spiro atoms. The van der Waals surface area contributed by atoms with Gasteiger partial charge >= 0.3 is 12.1 Å². The fraction of sp³-hybridized carbons (Fsp3) is 0.800. The van der Waals surface area contributed by atoms with E-state index in [9.17, 15) is 9.59 Å². The van der Waals surface area contributed by atoms with Crippen LogP contribution in [0.5, 0.6) is 0 Å². The van der Waals surface area contributed by atoms with Crippen LogP contribution in [-0.4, -0.2) is 28.3 Å². The molecule has 0 unspecified atom stereocenters. The number of rotatable bonds is 2. The number of hydrogen-bond acceptors (Lipinski definition) is 3. The Kier molecular flexibility index (Phi) is 2.67. The molecule has 1 aliphatic carbocycles. The van der Waals surface area contributed by atoms with Crippen molar-refractivity contribution in [3.63, 3.8) is 0 Å². The first kappa shape index (κ1) is 11.8. The Morgan fingerprint density at radius 3 is 2.20 bits per heavy atom. The first-order valence-corrected chi connectivity index (χ1v) is 4.92. The predicted molar refractivity (Wildman–Crippen MR) is 53.5 cm³/mol. The van der Waals surface area contributed by atoms with Gasteiger partial charge in [0.05, 0.1) is 0 Å². The van der Waals surface area contributed by atoms with Gasteiger partial charge in [0.2, 0.25) is 0 Å². The molecule has 0 bridgehead atoms. The number of ether oxygens (including phenoxy) is 1. The lowest BCUT2D eigenvalue weighted by molar-refractivity contribution is -0.141. The molecule has 0 aromatic heterocycles. The first-order chi connectivity index (χ1) is 6.67. The van der Waals surface area contributed by atoms with Gasteiger partial charge in [-0.15, -0.1) is 0 Å². The van der Waals surface area contributed by atoms with Crippen molar-refractivity contribution in [2.75, 3.05) is 0 Å². The standard InChI is InChI=1S/C10H17NO4/c1-6-5-10(6,7(12)13)11-8(14)15-9(2,3)4/h6H,5H2,1-4H3,(H,11,14)(H,12,13)/t6-,10+/m0/s1. The fourth-order valence-corrected chi connectivity index (χ4v) is 1.44. The minimum atomic E-state index is -1.11. The number of carboxylic acid groups (broad SMARTS) is 1. The second-order valence-corrected chi connectivity index (χ2v) is 5.01. The summed E-state index contributed by atoms with van der Waals surface area (Å²) < 4.78 is 5.00. The predicted octanol–water partition coefficient (Wildman–Crippen LogP) is 1.37. The topological polar surface area (TPSA) is 75.6 Å². The summed E-state index contributed by atoms with van der Waals surface area (Å²) in [7, 11) is 0. The average Bonchev–Trinajstić information content (AvgIpc) is 2.57. The zero-order chi connectivity index (χ0) is 11.9. The van der Waals surface area contributed by atoms with Gasteiger partial charge in [0.15, 0.2) is 0 Å². The smallest absolute Gasteiger partial charge is 0.408 e. The number of nitrogens with one attached hydrogen (secondary N) is 1. The van der Waals surface area contributed by atoms with E-state index >= 15 is 0 Å². The molecule has 0 heterocycles. The minimum Gasteiger partial charge on any atom is -0.479 e. The van der Waals surface area contributed by atoms with Gasteiger partial charge in [0.1, 0.15) is 11.1 Å². The maximum Gasteiger partial charge on any atom is 0.408 e. The molecule has 1 amide bonds. The van der Waals surface area contributed by atoms with Crippen molar-refractivity contribution in [3.05, 3.63) is 0 Å². The van der Waals surface area contributed by atoms with Crippen LogP contribution in [0.1, 0.15) is 34.1 Å². The summed E-state index contributed by atoms with van der Waals surface area (Å²) in [6.45, 7) is 6.98. The van der Waals surface area contributed by atoms with E-state index in [4.69, 9.17) is 9.84 Å². The van der Waals surface area contributed by atoms with E-state index in [0.29, 0.717) is 6.42 Å². The molecule has 2 N–H and O–H groups in total. The third-order valence-corrected chi connectivity index (χ3v) is 2.41. The van der Waals surface area contributed by atoms with Crippen molar-refractivity contribution >= 4 is 12.1 Å². The Morgan fingerprint density at radius 1 is 1.47 bits per heavy atom. The lowest BCUT2D eigenvalue weighted by Gasteiger charge is -2.22. The van der Waals surface area contributed by atoms with E-state index in [1.165, 1.54) is 0 Å². The summed E-state index contributed by atoms with van der Waals surface area (Å²) in [6.07, 6.45) is -0.212. The second-order valence-electron chi connectivity index (χ2n) is 5.01. The molecule has 1 aliphatic rings. The minimum absolute atomic E-state index is 0.0393. The molecular weight excluding hydrogens is 198 g/mol. The molecular formula is C10H17NO4. The van der Waals surface area contributed by atoms with E-state index in [2.05, 4.69) is 5.32 Å². The van der Waals surface area contributed by atoms with Gasteiger partial charge in [-0.05, 0) is 33.1 Å². The number of carbonyl (C=O) groups is 2. The summed E-state index contributed by atoms with van der Waals surface area (Å²) in [4.78, 5) is 22.3. The Bertz CT molecular complexity index is 294. The Balaban J connectivity index is 2.56. The molecule has 5 nitrogen and oxygen atoms in total. The van der Waals surface area contributed by atoms with Crippen LogP contribution in [0.3, 0.4) is 0 Å². The van der Waals surface area contributed by atoms with Gasteiger partial charge in [0.25, 0.3) is 0 Å². The maximum absolute atomic E-state index is 11.4. The van der Waals surface area contributed by atoms with Crippen molar-refractivity contribution < 1.29 is 19.4 Å². The summed E-state index contributed by atoms with van der Waals surface area (Å²) in [5, 5.41) is 11.4. The number of carboxylic acids is 1. The molecule has 1 fully saturated rings. The zero-order valence-electron chi connectivity index (χ0n) is 9.46. The van der Waals surface area contributed by atoms with E-state index in [-0.39, 0.29) is 5.92 Å². The molecule has 15 heavy (non-hydrogen) atoms. The Morgan fingerprint density at radius 2 is 1.93 bits per heavy atom. The molecule has 0 saturated heterocycles. The highest BCUT2D eigenvalue weighted by Crippen LogP contribution is 2.43. The summed E-state index contributed by atoms with van der Waals surface area (Å²) in [5.74, 6) is -1.04. The van der Waals surface area contributed by atoms with Crippen molar-refractivity contribution in [2.24, 2.45) is 5.92 Å². The molecule has 86 valence electrons. The van der Waals surface area contributed by atoms with Gasteiger partial charge in [-0.25, -0.2) is 9.59 Å². The maximum atomic E-state index is 11.4. The molecule has 0 aliphatic heterocycles. The van der Waals surface area contributed by atoms with Crippen LogP contribution in [0.2, 0.25) is 0 Å². The van der Waals surface area contributed by atoms with Crippen LogP contribution in [0.25, 0.3) is 0 Å². The molecule has 1 rings (SSSR count). The zero-order valence-corrected chi connectivity index (χ0v) is 9.46. The quantitative estimate of drug-likeness (QED) is 0.729. The Hall–Kier alpha value is -1.26. The highest BCUT2D eigenvalue weighted by Gasteiger charge is 2.59. The van der Waals surface area contributed by atoms with E-state index in [1.807, 2.05) is 0 Å². The third kappa shape index (κ3) is 2.61.